The topological polar surface area (TPSA) is 3.24 Å². The summed E-state index contributed by atoms with van der Waals surface area (Å²) < 4.78 is 0. The Labute approximate surface area is 397 Å². The van der Waals surface area contributed by atoms with E-state index in [0.29, 0.717) is 0 Å². The van der Waals surface area contributed by atoms with E-state index in [-0.39, 0.29) is 5.41 Å². The minimum absolute atomic E-state index is 0.103. The van der Waals surface area contributed by atoms with Gasteiger partial charge in [-0.3, -0.25) is 0 Å². The zero-order valence-corrected chi connectivity index (χ0v) is 38.1. The van der Waals surface area contributed by atoms with E-state index in [0.717, 1.165) is 5.69 Å². The summed E-state index contributed by atoms with van der Waals surface area (Å²) in [6.45, 7) is 4.68. The summed E-state index contributed by atoms with van der Waals surface area (Å²) in [5.74, 6) is 0. The first-order valence-corrected chi connectivity index (χ1v) is 23.8. The van der Waals surface area contributed by atoms with E-state index >= 15 is 0 Å². The van der Waals surface area contributed by atoms with Crippen LogP contribution in [0.3, 0.4) is 0 Å². The van der Waals surface area contributed by atoms with E-state index in [4.69, 9.17) is 0 Å². The number of benzene rings is 12. The molecule has 1 nitrogen and oxygen atoms in total. The maximum absolute atomic E-state index is 2.44. The molecule has 0 bridgehead atoms. The summed E-state index contributed by atoms with van der Waals surface area (Å²) >= 11 is 0. The normalized spacial score (nSPS) is 12.9. The minimum Gasteiger partial charge on any atom is -0.310 e. The van der Waals surface area contributed by atoms with Gasteiger partial charge in [-0.2, -0.15) is 0 Å². The molecule has 0 aliphatic carbocycles. The smallest absolute Gasteiger partial charge is 0.0502 e. The van der Waals surface area contributed by atoms with Crippen molar-refractivity contribution in [3.63, 3.8) is 0 Å². The van der Waals surface area contributed by atoms with Crippen molar-refractivity contribution >= 4 is 60.2 Å². The van der Waals surface area contributed by atoms with Gasteiger partial charge in [-0.05, 0) is 134 Å². The van der Waals surface area contributed by atoms with Crippen LogP contribution in [0.15, 0.2) is 249 Å². The standard InChI is InChI=1S/C67H47N/c1-67(2)59-32-16-18-34-61(59)68(62-35-19-17-33-60(62)67)48-42-40-47(41-43-48)65-53-26-10-8-24-51(53)63(52-25-9-11-27-54(52)65)45-36-38-46(39-37-45)64-55-28-12-14-30-57(55)66(58-31-15-13-29-56(58)64)50-23-7-6-22-49(50)44-20-4-3-5-21-44/h3-43H,1-2H3. The largest absolute Gasteiger partial charge is 0.310 e. The van der Waals surface area contributed by atoms with Crippen LogP contribution in [0.4, 0.5) is 17.1 Å². The molecule has 13 rings (SSSR count). The zero-order valence-electron chi connectivity index (χ0n) is 38.1. The number of hydrogen-bond acceptors (Lipinski definition) is 1. The predicted molar refractivity (Wildman–Crippen MR) is 290 cm³/mol. The third-order valence-electron chi connectivity index (χ3n) is 14.7. The van der Waals surface area contributed by atoms with Gasteiger partial charge in [-0.15, -0.1) is 0 Å². The lowest BCUT2D eigenvalue weighted by molar-refractivity contribution is 0.632. The highest BCUT2D eigenvalue weighted by atomic mass is 15.2. The fraction of sp³-hybridized carbons (Fsp3) is 0.0448. The van der Waals surface area contributed by atoms with E-state index in [1.807, 2.05) is 0 Å². The number of nitrogens with zero attached hydrogens (tertiary/aromatic N) is 1. The van der Waals surface area contributed by atoms with Crippen LogP contribution in [0.2, 0.25) is 0 Å². The molecule has 320 valence electrons. The second kappa shape index (κ2) is 15.8. The summed E-state index contributed by atoms with van der Waals surface area (Å²) in [5, 5.41) is 10.00. The Bertz CT molecular complexity index is 3750. The predicted octanol–water partition coefficient (Wildman–Crippen LogP) is 18.7. The molecule has 0 fully saturated rings. The Morgan fingerprint density at radius 3 is 0.971 bits per heavy atom. The molecule has 0 spiro atoms. The molecule has 0 aromatic heterocycles. The van der Waals surface area contributed by atoms with Crippen LogP contribution in [0, 0.1) is 0 Å². The van der Waals surface area contributed by atoms with Crippen molar-refractivity contribution in [3.05, 3.63) is 260 Å². The lowest BCUT2D eigenvalue weighted by atomic mass is 9.73. The monoisotopic (exact) mass is 865 g/mol. The quantitative estimate of drug-likeness (QED) is 0.151. The van der Waals surface area contributed by atoms with Crippen molar-refractivity contribution in [2.75, 3.05) is 4.90 Å². The van der Waals surface area contributed by atoms with Gasteiger partial charge in [0.15, 0.2) is 0 Å². The van der Waals surface area contributed by atoms with Crippen LogP contribution in [0.1, 0.15) is 25.0 Å². The fourth-order valence-electron chi connectivity index (χ4n) is 11.6. The second-order valence-electron chi connectivity index (χ2n) is 18.7. The van der Waals surface area contributed by atoms with Gasteiger partial charge in [0.1, 0.15) is 0 Å². The van der Waals surface area contributed by atoms with Gasteiger partial charge in [-0.25, -0.2) is 0 Å². The maximum atomic E-state index is 2.44. The average molecular weight is 866 g/mol. The van der Waals surface area contributed by atoms with E-state index in [9.17, 15) is 0 Å². The molecule has 1 aliphatic rings. The summed E-state index contributed by atoms with van der Waals surface area (Å²) in [4.78, 5) is 2.44. The molecule has 0 amide bonds. The van der Waals surface area contributed by atoms with Crippen molar-refractivity contribution < 1.29 is 0 Å². The lowest BCUT2D eigenvalue weighted by Crippen LogP contribution is -2.30. The van der Waals surface area contributed by atoms with Crippen LogP contribution >= 0.6 is 0 Å². The van der Waals surface area contributed by atoms with Crippen LogP contribution < -0.4 is 4.90 Å². The summed E-state index contributed by atoms with van der Waals surface area (Å²) in [6, 6.07) is 91.9. The molecular formula is C67H47N. The second-order valence-corrected chi connectivity index (χ2v) is 18.7. The lowest BCUT2D eigenvalue weighted by Gasteiger charge is -2.42. The molecule has 1 aliphatic heterocycles. The zero-order chi connectivity index (χ0) is 45.3. The molecule has 0 saturated carbocycles. The van der Waals surface area contributed by atoms with E-state index in [2.05, 4.69) is 267 Å². The molecule has 0 unspecified atom stereocenters. The summed E-state index contributed by atoms with van der Waals surface area (Å²) in [5.41, 5.74) is 18.6. The van der Waals surface area contributed by atoms with Crippen LogP contribution in [0.5, 0.6) is 0 Å². The Kier molecular flexibility index (Phi) is 9.27. The number of hydrogen-bond donors (Lipinski definition) is 0. The minimum atomic E-state index is -0.103. The Balaban J connectivity index is 0.939. The summed E-state index contributed by atoms with van der Waals surface area (Å²) in [6.07, 6.45) is 0. The molecule has 0 saturated heterocycles. The van der Waals surface area contributed by atoms with Crippen LogP contribution in [-0.4, -0.2) is 0 Å². The number of fused-ring (bicyclic) bond motifs is 6. The summed E-state index contributed by atoms with van der Waals surface area (Å²) in [7, 11) is 0. The molecule has 0 atom stereocenters. The Morgan fingerprint density at radius 2 is 0.559 bits per heavy atom. The highest BCUT2D eigenvalue weighted by Crippen LogP contribution is 2.53. The van der Waals surface area contributed by atoms with Crippen molar-refractivity contribution in [1.82, 2.24) is 0 Å². The van der Waals surface area contributed by atoms with Gasteiger partial charge in [0.05, 0.1) is 11.4 Å². The van der Waals surface area contributed by atoms with Gasteiger partial charge in [0, 0.05) is 11.1 Å². The fourth-order valence-corrected chi connectivity index (χ4v) is 11.6. The molecule has 0 radical (unpaired) electrons. The van der Waals surface area contributed by atoms with Crippen LogP contribution in [-0.2, 0) is 5.41 Å². The SMILES string of the molecule is CC1(C)c2ccccc2N(c2ccc(-c3c4ccccc4c(-c4ccc(-c5c6ccccc6c(-c6ccccc6-c6ccccc6)c6ccccc56)cc4)c4ccccc34)cc2)c2ccccc21. The average Bonchev–Trinajstić information content (AvgIpc) is 3.40. The van der Waals surface area contributed by atoms with Crippen molar-refractivity contribution in [1.29, 1.82) is 0 Å². The highest BCUT2D eigenvalue weighted by Gasteiger charge is 2.36. The Hall–Kier alpha value is -8.52. The third kappa shape index (κ3) is 6.16. The molecule has 68 heavy (non-hydrogen) atoms. The molecule has 12 aromatic rings. The highest BCUT2D eigenvalue weighted by molar-refractivity contribution is 6.24. The molecule has 1 heteroatoms. The number of rotatable bonds is 6. The van der Waals surface area contributed by atoms with E-state index in [1.165, 1.54) is 121 Å². The molecule has 1 heterocycles. The van der Waals surface area contributed by atoms with Crippen molar-refractivity contribution in [2.45, 2.75) is 19.3 Å². The van der Waals surface area contributed by atoms with Gasteiger partial charge >= 0.3 is 0 Å². The first-order chi connectivity index (χ1) is 33.5. The van der Waals surface area contributed by atoms with Gasteiger partial charge in [0.2, 0.25) is 0 Å². The first-order valence-electron chi connectivity index (χ1n) is 23.8. The number of para-hydroxylation sites is 2. The van der Waals surface area contributed by atoms with Crippen LogP contribution in [0.25, 0.3) is 98.7 Å². The van der Waals surface area contributed by atoms with Gasteiger partial charge in [-0.1, -0.05) is 238 Å². The molecular weight excluding hydrogens is 819 g/mol. The number of anilines is 3. The first kappa shape index (κ1) is 39.8. The maximum Gasteiger partial charge on any atom is 0.0502 e. The van der Waals surface area contributed by atoms with Crippen molar-refractivity contribution in [2.24, 2.45) is 0 Å². The van der Waals surface area contributed by atoms with Gasteiger partial charge < -0.3 is 4.90 Å². The van der Waals surface area contributed by atoms with Gasteiger partial charge in [0.25, 0.3) is 0 Å². The van der Waals surface area contributed by atoms with E-state index in [1.54, 1.807) is 0 Å². The Morgan fingerprint density at radius 1 is 0.250 bits per heavy atom. The molecule has 12 aromatic carbocycles. The van der Waals surface area contributed by atoms with Crippen molar-refractivity contribution in [3.8, 4) is 55.6 Å². The van der Waals surface area contributed by atoms with E-state index < -0.39 is 0 Å². The molecule has 0 N–H and O–H groups in total. The third-order valence-corrected chi connectivity index (χ3v) is 14.7.